The first-order valence-corrected chi connectivity index (χ1v) is 8.04. The average Bonchev–Trinajstić information content (AvgIpc) is 3.00. The standard InChI is InChI=1S/C19H23NO2/c21-12-10-19(9-11-20-14-19)17-8-4-7-16(18(17)22)13-15-5-2-1-3-6-15/h1-8,16,20-21H,9-14H2. The van der Waals surface area contributed by atoms with Crippen molar-refractivity contribution in [2.75, 3.05) is 19.7 Å². The molecule has 3 nitrogen and oxygen atoms in total. The van der Waals surface area contributed by atoms with Crippen LogP contribution < -0.4 is 5.32 Å². The molecule has 1 aromatic rings. The van der Waals surface area contributed by atoms with Gasteiger partial charge in [0.2, 0.25) is 0 Å². The monoisotopic (exact) mass is 297 g/mol. The number of nitrogens with one attached hydrogen (secondary N) is 1. The Bertz CT molecular complexity index is 583. The number of allylic oxidation sites excluding steroid dienone is 3. The van der Waals surface area contributed by atoms with Crippen LogP contribution in [0.1, 0.15) is 18.4 Å². The first kappa shape index (κ1) is 15.2. The molecule has 0 amide bonds. The van der Waals surface area contributed by atoms with Gasteiger partial charge >= 0.3 is 0 Å². The second-order valence-corrected chi connectivity index (χ2v) is 6.31. The average molecular weight is 297 g/mol. The Hall–Kier alpha value is -1.71. The fourth-order valence-corrected chi connectivity index (χ4v) is 3.66. The number of Topliss-reactive ketones (excluding diaryl/α,β-unsaturated/α-hetero) is 1. The van der Waals surface area contributed by atoms with Crippen molar-refractivity contribution in [2.24, 2.45) is 11.3 Å². The lowest BCUT2D eigenvalue weighted by Gasteiger charge is -2.33. The highest BCUT2D eigenvalue weighted by Gasteiger charge is 2.41. The first-order valence-electron chi connectivity index (χ1n) is 8.04. The van der Waals surface area contributed by atoms with E-state index in [0.29, 0.717) is 6.42 Å². The number of hydrogen-bond acceptors (Lipinski definition) is 3. The molecule has 1 aromatic carbocycles. The van der Waals surface area contributed by atoms with Crippen molar-refractivity contribution in [1.82, 2.24) is 5.32 Å². The number of ketones is 1. The summed E-state index contributed by atoms with van der Waals surface area (Å²) in [7, 11) is 0. The number of aliphatic hydroxyl groups is 1. The molecule has 116 valence electrons. The van der Waals surface area contributed by atoms with Gasteiger partial charge in [-0.25, -0.2) is 0 Å². The Morgan fingerprint density at radius 2 is 2.09 bits per heavy atom. The first-order chi connectivity index (χ1) is 10.7. The lowest BCUT2D eigenvalue weighted by atomic mass is 9.70. The predicted molar refractivity (Wildman–Crippen MR) is 87.5 cm³/mol. The summed E-state index contributed by atoms with van der Waals surface area (Å²) in [5.74, 6) is 0.141. The summed E-state index contributed by atoms with van der Waals surface area (Å²) in [5.41, 5.74) is 1.90. The summed E-state index contributed by atoms with van der Waals surface area (Å²) in [6, 6.07) is 10.2. The molecule has 1 aliphatic carbocycles. The quantitative estimate of drug-likeness (QED) is 0.876. The van der Waals surface area contributed by atoms with Gasteiger partial charge in [-0.3, -0.25) is 4.79 Å². The highest BCUT2D eigenvalue weighted by molar-refractivity contribution is 6.01. The van der Waals surface area contributed by atoms with E-state index >= 15 is 0 Å². The highest BCUT2D eigenvalue weighted by Crippen LogP contribution is 2.40. The molecule has 0 saturated carbocycles. The predicted octanol–water partition coefficient (Wildman–Crippen LogP) is 2.27. The minimum atomic E-state index is -0.189. The summed E-state index contributed by atoms with van der Waals surface area (Å²) in [6.45, 7) is 1.83. The largest absolute Gasteiger partial charge is 0.396 e. The summed E-state index contributed by atoms with van der Waals surface area (Å²) in [4.78, 5) is 13.0. The lowest BCUT2D eigenvalue weighted by Crippen LogP contribution is -2.35. The van der Waals surface area contributed by atoms with Crippen LogP contribution in [0.25, 0.3) is 0 Å². The minimum absolute atomic E-state index is 0.0847. The van der Waals surface area contributed by atoms with Gasteiger partial charge in [-0.15, -0.1) is 0 Å². The molecule has 2 aliphatic rings. The summed E-state index contributed by atoms with van der Waals surface area (Å²) < 4.78 is 0. The van der Waals surface area contributed by atoms with E-state index in [-0.39, 0.29) is 23.7 Å². The number of carbonyl (C=O) groups excluding carboxylic acids is 1. The van der Waals surface area contributed by atoms with E-state index in [0.717, 1.165) is 31.5 Å². The Kier molecular flexibility index (Phi) is 4.55. The van der Waals surface area contributed by atoms with Crippen molar-refractivity contribution in [3.8, 4) is 0 Å². The molecule has 1 aliphatic heterocycles. The SMILES string of the molecule is O=C1C(C2(CCO)CCNC2)=CC=CC1Cc1ccccc1. The van der Waals surface area contributed by atoms with Crippen LogP contribution in [0.5, 0.6) is 0 Å². The summed E-state index contributed by atoms with van der Waals surface area (Å²) >= 11 is 0. The molecule has 1 heterocycles. The van der Waals surface area contributed by atoms with Crippen molar-refractivity contribution in [2.45, 2.75) is 19.3 Å². The number of carbonyl (C=O) groups is 1. The molecule has 3 rings (SSSR count). The third-order valence-electron chi connectivity index (χ3n) is 4.91. The van der Waals surface area contributed by atoms with Gasteiger partial charge in [0.05, 0.1) is 0 Å². The zero-order chi connectivity index (χ0) is 15.4. The molecule has 2 N–H and O–H groups in total. The van der Waals surface area contributed by atoms with E-state index < -0.39 is 0 Å². The smallest absolute Gasteiger partial charge is 0.166 e. The normalized spacial score (nSPS) is 28.0. The Labute approximate surface area is 131 Å². The van der Waals surface area contributed by atoms with Crippen molar-refractivity contribution >= 4 is 5.78 Å². The topological polar surface area (TPSA) is 49.3 Å². The molecule has 3 heteroatoms. The molecule has 0 radical (unpaired) electrons. The number of hydrogen-bond donors (Lipinski definition) is 2. The number of benzene rings is 1. The van der Waals surface area contributed by atoms with Crippen LogP contribution >= 0.6 is 0 Å². The molecule has 2 atom stereocenters. The zero-order valence-corrected chi connectivity index (χ0v) is 12.8. The zero-order valence-electron chi connectivity index (χ0n) is 12.8. The molecule has 0 spiro atoms. The van der Waals surface area contributed by atoms with E-state index in [2.05, 4.69) is 17.4 Å². The second kappa shape index (κ2) is 6.59. The van der Waals surface area contributed by atoms with Gasteiger partial charge in [-0.05, 0) is 31.4 Å². The van der Waals surface area contributed by atoms with E-state index in [9.17, 15) is 9.90 Å². The van der Waals surface area contributed by atoms with Gasteiger partial charge in [0.15, 0.2) is 5.78 Å². The molecule has 1 fully saturated rings. The van der Waals surface area contributed by atoms with E-state index in [1.807, 2.05) is 36.4 Å². The maximum Gasteiger partial charge on any atom is 0.166 e. The Morgan fingerprint density at radius 3 is 2.77 bits per heavy atom. The van der Waals surface area contributed by atoms with Crippen LogP contribution in [-0.2, 0) is 11.2 Å². The maximum atomic E-state index is 13.0. The van der Waals surface area contributed by atoms with Gasteiger partial charge < -0.3 is 10.4 Å². The summed E-state index contributed by atoms with van der Waals surface area (Å²) in [6.07, 6.45) is 8.32. The Morgan fingerprint density at radius 1 is 1.27 bits per heavy atom. The van der Waals surface area contributed by atoms with E-state index in [1.54, 1.807) is 0 Å². The van der Waals surface area contributed by atoms with Crippen molar-refractivity contribution in [1.29, 1.82) is 0 Å². The molecule has 0 bridgehead atoms. The van der Waals surface area contributed by atoms with Gasteiger partial charge in [-0.1, -0.05) is 48.6 Å². The van der Waals surface area contributed by atoms with E-state index in [4.69, 9.17) is 0 Å². The van der Waals surface area contributed by atoms with Crippen molar-refractivity contribution < 1.29 is 9.90 Å². The molecular weight excluding hydrogens is 274 g/mol. The van der Waals surface area contributed by atoms with Crippen molar-refractivity contribution in [3.63, 3.8) is 0 Å². The fourth-order valence-electron chi connectivity index (χ4n) is 3.66. The fraction of sp³-hybridized carbons (Fsp3) is 0.421. The van der Waals surface area contributed by atoms with Gasteiger partial charge in [0.1, 0.15) is 0 Å². The van der Waals surface area contributed by atoms with Crippen LogP contribution in [0.2, 0.25) is 0 Å². The number of rotatable bonds is 5. The van der Waals surface area contributed by atoms with Gasteiger partial charge in [0.25, 0.3) is 0 Å². The van der Waals surface area contributed by atoms with Crippen molar-refractivity contribution in [3.05, 3.63) is 59.7 Å². The molecule has 2 unspecified atom stereocenters. The van der Waals surface area contributed by atoms with Crippen LogP contribution in [0.15, 0.2) is 54.1 Å². The van der Waals surface area contributed by atoms with E-state index in [1.165, 1.54) is 5.56 Å². The summed E-state index contributed by atoms with van der Waals surface area (Å²) in [5, 5.41) is 12.8. The molecule has 22 heavy (non-hydrogen) atoms. The Balaban J connectivity index is 1.80. The van der Waals surface area contributed by atoms with Gasteiger partial charge in [0, 0.05) is 30.1 Å². The molecule has 0 aromatic heterocycles. The van der Waals surface area contributed by atoms with Crippen LogP contribution in [0, 0.1) is 11.3 Å². The van der Waals surface area contributed by atoms with Crippen LogP contribution in [0.4, 0.5) is 0 Å². The second-order valence-electron chi connectivity index (χ2n) is 6.31. The lowest BCUT2D eigenvalue weighted by molar-refractivity contribution is -0.119. The number of aliphatic hydroxyl groups excluding tert-OH is 1. The highest BCUT2D eigenvalue weighted by atomic mass is 16.3. The molecule has 1 saturated heterocycles. The minimum Gasteiger partial charge on any atom is -0.396 e. The third-order valence-corrected chi connectivity index (χ3v) is 4.91. The van der Waals surface area contributed by atoms with Crippen LogP contribution in [0.3, 0.4) is 0 Å². The molecular formula is C19H23NO2. The van der Waals surface area contributed by atoms with Crippen LogP contribution in [-0.4, -0.2) is 30.6 Å². The van der Waals surface area contributed by atoms with Gasteiger partial charge in [-0.2, -0.15) is 0 Å². The third kappa shape index (κ3) is 2.92. The maximum absolute atomic E-state index is 13.0.